The van der Waals surface area contributed by atoms with Crippen molar-refractivity contribution in [1.29, 1.82) is 0 Å². The number of piperazine rings is 1. The molecule has 0 aromatic carbocycles. The molecule has 5 aliphatic rings. The summed E-state index contributed by atoms with van der Waals surface area (Å²) in [7, 11) is 0. The molecule has 1 aromatic rings. The largest absolute Gasteiger partial charge is 0.368 e. The molecule has 0 radical (unpaired) electrons. The van der Waals surface area contributed by atoms with E-state index in [9.17, 15) is 4.79 Å². The number of amides is 2. The number of carbonyl (C=O) groups excluding carboxylic acids is 1. The second-order valence-electron chi connectivity index (χ2n) is 9.87. The summed E-state index contributed by atoms with van der Waals surface area (Å²) in [6.45, 7) is 5.65. The van der Waals surface area contributed by atoms with Crippen LogP contribution in [0, 0.1) is 23.2 Å². The third kappa shape index (κ3) is 3.27. The van der Waals surface area contributed by atoms with Gasteiger partial charge in [-0.2, -0.15) is 0 Å². The van der Waals surface area contributed by atoms with Crippen molar-refractivity contribution in [2.75, 3.05) is 31.1 Å². The lowest BCUT2D eigenvalue weighted by Crippen LogP contribution is -2.60. The highest BCUT2D eigenvalue weighted by Crippen LogP contribution is 2.61. The Labute approximate surface area is 168 Å². The smallest absolute Gasteiger partial charge is 0.317 e. The Kier molecular flexibility index (Phi) is 4.72. The number of rotatable bonds is 4. The Morgan fingerprint density at radius 1 is 1.07 bits per heavy atom. The Bertz CT molecular complexity index is 663. The van der Waals surface area contributed by atoms with Crippen molar-refractivity contribution in [3.8, 4) is 0 Å². The average Bonchev–Trinajstić information content (AvgIpc) is 2.71. The first kappa shape index (κ1) is 18.3. The normalized spacial score (nSPS) is 35.1. The van der Waals surface area contributed by atoms with Crippen LogP contribution in [0.25, 0.3) is 0 Å². The molecule has 1 atom stereocenters. The number of carbonyl (C=O) groups is 1. The Morgan fingerprint density at radius 3 is 2.18 bits per heavy atom. The summed E-state index contributed by atoms with van der Waals surface area (Å²) >= 11 is 0. The first-order valence-corrected chi connectivity index (χ1v) is 11.4. The first-order valence-electron chi connectivity index (χ1n) is 11.4. The van der Waals surface area contributed by atoms with E-state index in [1.165, 1.54) is 44.2 Å². The molecule has 1 saturated heterocycles. The SMILES string of the molecule is CC[C@@H](NC(=O)N1CCN(c2ccncc2)CC1)C12CC3CC(CC(C3)C1)C2. The van der Waals surface area contributed by atoms with E-state index < -0.39 is 0 Å². The van der Waals surface area contributed by atoms with Gasteiger partial charge in [-0.1, -0.05) is 6.92 Å². The number of hydrogen-bond acceptors (Lipinski definition) is 3. The quantitative estimate of drug-likeness (QED) is 0.859. The summed E-state index contributed by atoms with van der Waals surface area (Å²) in [5, 5.41) is 3.51. The van der Waals surface area contributed by atoms with Crippen LogP contribution < -0.4 is 10.2 Å². The van der Waals surface area contributed by atoms with E-state index in [1.807, 2.05) is 17.3 Å². The molecule has 2 heterocycles. The predicted octanol–water partition coefficient (Wildman–Crippen LogP) is 3.91. The van der Waals surface area contributed by atoms with Crippen molar-refractivity contribution in [1.82, 2.24) is 15.2 Å². The van der Waals surface area contributed by atoms with Crippen molar-refractivity contribution in [3.05, 3.63) is 24.5 Å². The highest BCUT2D eigenvalue weighted by Gasteiger charge is 2.54. The predicted molar refractivity (Wildman–Crippen MR) is 111 cm³/mol. The van der Waals surface area contributed by atoms with Gasteiger partial charge in [0.05, 0.1) is 0 Å². The third-order valence-corrected chi connectivity index (χ3v) is 8.13. The van der Waals surface area contributed by atoms with E-state index in [0.29, 0.717) is 11.5 Å². The lowest BCUT2D eigenvalue weighted by molar-refractivity contribution is -0.0727. The van der Waals surface area contributed by atoms with Gasteiger partial charge >= 0.3 is 6.03 Å². The topological polar surface area (TPSA) is 48.5 Å². The highest BCUT2D eigenvalue weighted by atomic mass is 16.2. The molecule has 1 aliphatic heterocycles. The Balaban J connectivity index is 1.21. The number of anilines is 1. The molecule has 4 saturated carbocycles. The van der Waals surface area contributed by atoms with Crippen LogP contribution in [0.1, 0.15) is 51.9 Å². The summed E-state index contributed by atoms with van der Waals surface area (Å²) < 4.78 is 0. The van der Waals surface area contributed by atoms with Gasteiger partial charge in [-0.15, -0.1) is 0 Å². The molecule has 4 bridgehead atoms. The molecule has 5 heteroatoms. The summed E-state index contributed by atoms with van der Waals surface area (Å²) in [6, 6.07) is 4.62. The first-order chi connectivity index (χ1) is 13.6. The van der Waals surface area contributed by atoms with E-state index in [0.717, 1.165) is 50.4 Å². The van der Waals surface area contributed by atoms with Gasteiger partial charge in [0.1, 0.15) is 0 Å². The number of urea groups is 1. The average molecular weight is 383 g/mol. The van der Waals surface area contributed by atoms with E-state index in [4.69, 9.17) is 0 Å². The maximum Gasteiger partial charge on any atom is 0.317 e. The zero-order valence-electron chi connectivity index (χ0n) is 17.1. The Hall–Kier alpha value is -1.78. The number of nitrogens with one attached hydrogen (secondary N) is 1. The van der Waals surface area contributed by atoms with Crippen molar-refractivity contribution in [3.63, 3.8) is 0 Å². The third-order valence-electron chi connectivity index (χ3n) is 8.13. The van der Waals surface area contributed by atoms with Crippen LogP contribution in [-0.2, 0) is 0 Å². The molecule has 5 nitrogen and oxygen atoms in total. The second-order valence-corrected chi connectivity index (χ2v) is 9.87. The van der Waals surface area contributed by atoms with E-state index in [2.05, 4.69) is 34.3 Å². The molecule has 0 unspecified atom stereocenters. The summed E-state index contributed by atoms with van der Waals surface area (Å²) in [4.78, 5) is 21.6. The summed E-state index contributed by atoms with van der Waals surface area (Å²) in [6.07, 6.45) is 13.2. The van der Waals surface area contributed by atoms with Gasteiger partial charge in [-0.25, -0.2) is 4.79 Å². The van der Waals surface area contributed by atoms with Gasteiger partial charge in [0.2, 0.25) is 0 Å². The van der Waals surface area contributed by atoms with Crippen molar-refractivity contribution in [2.24, 2.45) is 23.2 Å². The summed E-state index contributed by atoms with van der Waals surface area (Å²) in [5.74, 6) is 2.79. The maximum atomic E-state index is 13.1. The molecule has 152 valence electrons. The van der Waals surface area contributed by atoms with Crippen molar-refractivity contribution < 1.29 is 4.79 Å². The van der Waals surface area contributed by atoms with Gasteiger partial charge in [-0.3, -0.25) is 4.98 Å². The van der Waals surface area contributed by atoms with E-state index in [1.54, 1.807) is 0 Å². The molecular weight excluding hydrogens is 348 g/mol. The molecule has 1 aromatic heterocycles. The molecule has 2 amide bonds. The van der Waals surface area contributed by atoms with Gasteiger partial charge < -0.3 is 15.1 Å². The van der Waals surface area contributed by atoms with Crippen LogP contribution in [0.3, 0.4) is 0 Å². The van der Waals surface area contributed by atoms with Crippen LogP contribution in [0.5, 0.6) is 0 Å². The molecule has 4 aliphatic carbocycles. The zero-order valence-corrected chi connectivity index (χ0v) is 17.1. The lowest BCUT2D eigenvalue weighted by Gasteiger charge is -2.59. The molecule has 28 heavy (non-hydrogen) atoms. The van der Waals surface area contributed by atoms with Gasteiger partial charge in [0.25, 0.3) is 0 Å². The van der Waals surface area contributed by atoms with Crippen LogP contribution in [0.4, 0.5) is 10.5 Å². The van der Waals surface area contributed by atoms with Gasteiger partial charge in [0.15, 0.2) is 0 Å². The minimum atomic E-state index is 0.164. The zero-order chi connectivity index (χ0) is 19.1. The van der Waals surface area contributed by atoms with E-state index >= 15 is 0 Å². The number of hydrogen-bond donors (Lipinski definition) is 1. The molecular formula is C23H34N4O. The molecule has 5 fully saturated rings. The molecule has 0 spiro atoms. The number of aromatic nitrogens is 1. The fraction of sp³-hybridized carbons (Fsp3) is 0.739. The molecule has 1 N–H and O–H groups in total. The van der Waals surface area contributed by atoms with Crippen LogP contribution >= 0.6 is 0 Å². The fourth-order valence-electron chi connectivity index (χ4n) is 7.26. The van der Waals surface area contributed by atoms with Crippen LogP contribution in [-0.4, -0.2) is 48.1 Å². The maximum absolute atomic E-state index is 13.1. The van der Waals surface area contributed by atoms with Crippen molar-refractivity contribution >= 4 is 11.7 Å². The second kappa shape index (κ2) is 7.23. The summed E-state index contributed by atoms with van der Waals surface area (Å²) in [5.41, 5.74) is 1.59. The molecule has 6 rings (SSSR count). The van der Waals surface area contributed by atoms with Gasteiger partial charge in [0, 0.05) is 50.3 Å². The van der Waals surface area contributed by atoms with Gasteiger partial charge in [-0.05, 0) is 80.2 Å². The minimum absolute atomic E-state index is 0.164. The van der Waals surface area contributed by atoms with Crippen LogP contribution in [0.2, 0.25) is 0 Å². The number of nitrogens with zero attached hydrogens (tertiary/aromatic N) is 3. The lowest BCUT2D eigenvalue weighted by atomic mass is 9.47. The Morgan fingerprint density at radius 2 is 1.64 bits per heavy atom. The van der Waals surface area contributed by atoms with Crippen LogP contribution in [0.15, 0.2) is 24.5 Å². The van der Waals surface area contributed by atoms with E-state index in [-0.39, 0.29) is 6.03 Å². The monoisotopic (exact) mass is 382 g/mol. The number of pyridine rings is 1. The minimum Gasteiger partial charge on any atom is -0.368 e. The fourth-order valence-corrected chi connectivity index (χ4v) is 7.26. The highest BCUT2D eigenvalue weighted by molar-refractivity contribution is 5.75. The van der Waals surface area contributed by atoms with Crippen molar-refractivity contribution in [2.45, 2.75) is 57.9 Å². The standard InChI is InChI=1S/C23H34N4O/c1-2-21(23-14-17-11-18(15-23)13-19(12-17)16-23)25-22(28)27-9-7-26(8-10-27)20-3-5-24-6-4-20/h3-6,17-19,21H,2,7-16H2,1H3,(H,25,28)/t17?,18?,19?,21-,23?/m1/s1.